The van der Waals surface area contributed by atoms with Gasteiger partial charge in [-0.3, -0.25) is 24.3 Å². The number of carbonyl (C=O) groups excluding carboxylic acids is 2. The Morgan fingerprint density at radius 1 is 0.941 bits per heavy atom. The van der Waals surface area contributed by atoms with E-state index < -0.39 is 5.91 Å². The molecule has 0 atom stereocenters. The number of carbonyl (C=O) groups is 2. The van der Waals surface area contributed by atoms with Crippen molar-refractivity contribution in [2.24, 2.45) is 0 Å². The molecule has 172 valence electrons. The van der Waals surface area contributed by atoms with E-state index in [-0.39, 0.29) is 23.6 Å². The highest BCUT2D eigenvalue weighted by atomic mass is 32.2. The minimum absolute atomic E-state index is 0.0812. The molecule has 34 heavy (non-hydrogen) atoms. The van der Waals surface area contributed by atoms with Crippen molar-refractivity contribution in [1.82, 2.24) is 14.9 Å². The minimum atomic E-state index is -0.460. The molecule has 1 heterocycles. The van der Waals surface area contributed by atoms with E-state index in [9.17, 15) is 14.4 Å². The zero-order valence-electron chi connectivity index (χ0n) is 18.6. The SMILES string of the molecule is CCOc1ccccc1-n1c(SCC(=O)NC(=O)Cc2ccccc2)nc2ccccc2c1=O. The number of fused-ring (bicyclic) bond motifs is 1. The Morgan fingerprint density at radius 2 is 1.65 bits per heavy atom. The van der Waals surface area contributed by atoms with Crippen molar-refractivity contribution in [3.05, 3.63) is 94.8 Å². The number of imide groups is 1. The van der Waals surface area contributed by atoms with Crippen LogP contribution in [0.2, 0.25) is 0 Å². The van der Waals surface area contributed by atoms with Crippen LogP contribution in [-0.4, -0.2) is 33.7 Å². The van der Waals surface area contributed by atoms with Gasteiger partial charge in [0.05, 0.1) is 35.4 Å². The molecular weight excluding hydrogens is 450 g/mol. The van der Waals surface area contributed by atoms with Crippen molar-refractivity contribution in [3.63, 3.8) is 0 Å². The van der Waals surface area contributed by atoms with Gasteiger partial charge in [-0.1, -0.05) is 66.4 Å². The Morgan fingerprint density at radius 3 is 2.44 bits per heavy atom. The van der Waals surface area contributed by atoms with Crippen molar-refractivity contribution < 1.29 is 14.3 Å². The summed E-state index contributed by atoms with van der Waals surface area (Å²) in [6.45, 7) is 2.30. The van der Waals surface area contributed by atoms with Crippen LogP contribution in [0, 0.1) is 0 Å². The highest BCUT2D eigenvalue weighted by Crippen LogP contribution is 2.27. The number of amides is 2. The average Bonchev–Trinajstić information content (AvgIpc) is 2.84. The highest BCUT2D eigenvalue weighted by molar-refractivity contribution is 7.99. The summed E-state index contributed by atoms with van der Waals surface area (Å²) in [5.74, 6) is -0.392. The average molecular weight is 474 g/mol. The lowest BCUT2D eigenvalue weighted by molar-refractivity contribution is -0.128. The predicted molar refractivity (Wildman–Crippen MR) is 133 cm³/mol. The van der Waals surface area contributed by atoms with E-state index in [4.69, 9.17) is 4.74 Å². The summed E-state index contributed by atoms with van der Waals surface area (Å²) in [6, 6.07) is 23.4. The molecule has 8 heteroatoms. The molecule has 1 aromatic heterocycles. The number of hydrogen-bond donors (Lipinski definition) is 1. The molecule has 0 saturated heterocycles. The number of para-hydroxylation sites is 3. The van der Waals surface area contributed by atoms with Gasteiger partial charge in [-0.15, -0.1) is 0 Å². The molecule has 7 nitrogen and oxygen atoms in total. The minimum Gasteiger partial charge on any atom is -0.492 e. The van der Waals surface area contributed by atoms with Gasteiger partial charge < -0.3 is 4.74 Å². The lowest BCUT2D eigenvalue weighted by Crippen LogP contribution is -2.33. The summed E-state index contributed by atoms with van der Waals surface area (Å²) >= 11 is 1.09. The number of nitrogens with zero attached hydrogens (tertiary/aromatic N) is 2. The second-order valence-corrected chi connectivity index (χ2v) is 8.32. The highest BCUT2D eigenvalue weighted by Gasteiger charge is 2.18. The third-order valence-electron chi connectivity index (χ3n) is 4.97. The molecule has 3 aromatic carbocycles. The summed E-state index contributed by atoms with van der Waals surface area (Å²) in [7, 11) is 0. The number of benzene rings is 3. The second kappa shape index (κ2) is 10.8. The third kappa shape index (κ3) is 5.35. The molecule has 0 saturated carbocycles. The molecule has 0 aliphatic carbocycles. The molecule has 0 spiro atoms. The van der Waals surface area contributed by atoms with E-state index in [1.807, 2.05) is 49.4 Å². The number of nitrogens with one attached hydrogen (secondary N) is 1. The fourth-order valence-electron chi connectivity index (χ4n) is 3.49. The maximum absolute atomic E-state index is 13.4. The Hall–Kier alpha value is -3.91. The zero-order valence-corrected chi connectivity index (χ0v) is 19.4. The molecule has 4 rings (SSSR count). The molecular formula is C26H23N3O4S. The van der Waals surface area contributed by atoms with E-state index in [1.165, 1.54) is 4.57 Å². The first-order valence-corrected chi connectivity index (χ1v) is 11.8. The molecule has 0 bridgehead atoms. The number of rotatable bonds is 8. The summed E-state index contributed by atoms with van der Waals surface area (Å²) in [5.41, 5.74) is 1.62. The van der Waals surface area contributed by atoms with Crippen LogP contribution in [0.1, 0.15) is 12.5 Å². The normalized spacial score (nSPS) is 10.7. The Labute approximate surface area is 200 Å². The van der Waals surface area contributed by atoms with E-state index in [1.54, 1.807) is 36.4 Å². The van der Waals surface area contributed by atoms with Crippen LogP contribution >= 0.6 is 11.8 Å². The van der Waals surface area contributed by atoms with Crippen LogP contribution < -0.4 is 15.6 Å². The van der Waals surface area contributed by atoms with Crippen molar-refractivity contribution in [3.8, 4) is 11.4 Å². The molecule has 0 aliphatic rings. The van der Waals surface area contributed by atoms with Crippen molar-refractivity contribution in [1.29, 1.82) is 0 Å². The maximum atomic E-state index is 13.4. The Kier molecular flexibility index (Phi) is 7.39. The number of aromatic nitrogens is 2. The van der Waals surface area contributed by atoms with Gasteiger partial charge in [0.1, 0.15) is 5.75 Å². The van der Waals surface area contributed by atoms with Crippen LogP contribution in [0.25, 0.3) is 16.6 Å². The number of thioether (sulfide) groups is 1. The van der Waals surface area contributed by atoms with Crippen LogP contribution in [-0.2, 0) is 16.0 Å². The van der Waals surface area contributed by atoms with Gasteiger partial charge in [-0.25, -0.2) is 4.98 Å². The van der Waals surface area contributed by atoms with Gasteiger partial charge in [0.2, 0.25) is 11.8 Å². The molecule has 0 unspecified atom stereocenters. The van der Waals surface area contributed by atoms with Crippen molar-refractivity contribution in [2.45, 2.75) is 18.5 Å². The quantitative estimate of drug-likeness (QED) is 0.310. The molecule has 2 amide bonds. The fraction of sp³-hybridized carbons (Fsp3) is 0.154. The Bertz CT molecular complexity index is 1390. The largest absolute Gasteiger partial charge is 0.492 e. The molecule has 0 aliphatic heterocycles. The number of ether oxygens (including phenoxy) is 1. The smallest absolute Gasteiger partial charge is 0.266 e. The van der Waals surface area contributed by atoms with Crippen LogP contribution in [0.15, 0.2) is 88.8 Å². The topological polar surface area (TPSA) is 90.3 Å². The first-order chi connectivity index (χ1) is 16.6. The molecule has 4 aromatic rings. The number of hydrogen-bond acceptors (Lipinski definition) is 6. The second-order valence-electron chi connectivity index (χ2n) is 7.38. The predicted octanol–water partition coefficient (Wildman–Crippen LogP) is 3.76. The van der Waals surface area contributed by atoms with E-state index in [0.29, 0.717) is 34.1 Å². The van der Waals surface area contributed by atoms with Crippen molar-refractivity contribution in [2.75, 3.05) is 12.4 Å². The van der Waals surface area contributed by atoms with Crippen molar-refractivity contribution >= 4 is 34.5 Å². The summed E-state index contributed by atoms with van der Waals surface area (Å²) in [4.78, 5) is 42.8. The Balaban J connectivity index is 1.61. The standard InChI is InChI=1S/C26H23N3O4S/c1-2-33-22-15-9-8-14-21(22)29-25(32)19-12-6-7-13-20(19)27-26(29)34-17-24(31)28-23(30)16-18-10-4-3-5-11-18/h3-15H,2,16-17H2,1H3,(H,28,30,31). The summed E-state index contributed by atoms with van der Waals surface area (Å²) in [6.07, 6.45) is 0.109. The van der Waals surface area contributed by atoms with E-state index in [2.05, 4.69) is 10.3 Å². The van der Waals surface area contributed by atoms with Crippen LogP contribution in [0.3, 0.4) is 0 Å². The van der Waals surface area contributed by atoms with Gasteiger partial charge >= 0.3 is 0 Å². The monoisotopic (exact) mass is 473 g/mol. The van der Waals surface area contributed by atoms with Gasteiger partial charge in [0.15, 0.2) is 5.16 Å². The first-order valence-electron chi connectivity index (χ1n) is 10.8. The maximum Gasteiger partial charge on any atom is 0.266 e. The molecule has 1 N–H and O–H groups in total. The zero-order chi connectivity index (χ0) is 23.9. The van der Waals surface area contributed by atoms with Gasteiger partial charge in [-0.05, 0) is 36.8 Å². The molecule has 0 radical (unpaired) electrons. The summed E-state index contributed by atoms with van der Waals surface area (Å²) < 4.78 is 7.18. The fourth-order valence-corrected chi connectivity index (χ4v) is 4.29. The molecule has 0 fully saturated rings. The van der Waals surface area contributed by atoms with Gasteiger partial charge in [0, 0.05) is 0 Å². The lowest BCUT2D eigenvalue weighted by atomic mass is 10.1. The third-order valence-corrected chi connectivity index (χ3v) is 5.91. The summed E-state index contributed by atoms with van der Waals surface area (Å²) in [5, 5.41) is 3.20. The first kappa shape index (κ1) is 23.3. The van der Waals surface area contributed by atoms with Gasteiger partial charge in [-0.2, -0.15) is 0 Å². The van der Waals surface area contributed by atoms with Crippen LogP contribution in [0.5, 0.6) is 5.75 Å². The van der Waals surface area contributed by atoms with Gasteiger partial charge in [0.25, 0.3) is 5.56 Å². The lowest BCUT2D eigenvalue weighted by Gasteiger charge is -2.16. The van der Waals surface area contributed by atoms with E-state index >= 15 is 0 Å². The van der Waals surface area contributed by atoms with Crippen LogP contribution in [0.4, 0.5) is 0 Å². The van der Waals surface area contributed by atoms with E-state index in [0.717, 1.165) is 17.3 Å².